The molecule has 2 amide bonds. The second-order valence-electron chi connectivity index (χ2n) is 6.64. The number of halogens is 1. The predicted molar refractivity (Wildman–Crippen MR) is 107 cm³/mol. The Hall–Kier alpha value is -3.06. The summed E-state index contributed by atoms with van der Waals surface area (Å²) in [5.41, 5.74) is 1.72. The van der Waals surface area contributed by atoms with Gasteiger partial charge in [-0.25, -0.2) is 9.37 Å². The van der Waals surface area contributed by atoms with Crippen molar-refractivity contribution in [2.45, 2.75) is 13.3 Å². The average Bonchev–Trinajstić information content (AvgIpc) is 3.29. The van der Waals surface area contributed by atoms with Crippen LogP contribution >= 0.6 is 11.3 Å². The van der Waals surface area contributed by atoms with E-state index in [4.69, 9.17) is 0 Å². The molecule has 5 nitrogen and oxygen atoms in total. The Labute approximate surface area is 166 Å². The molecule has 2 aromatic carbocycles. The summed E-state index contributed by atoms with van der Waals surface area (Å²) < 4.78 is 14.1. The van der Waals surface area contributed by atoms with E-state index in [9.17, 15) is 14.0 Å². The first-order valence-corrected chi connectivity index (χ1v) is 9.78. The number of para-hydroxylation sites is 2. The number of nitrogens with zero attached hydrogens (tertiary/aromatic N) is 3. The van der Waals surface area contributed by atoms with Crippen molar-refractivity contribution in [2.75, 3.05) is 16.3 Å². The molecule has 1 fully saturated rings. The zero-order chi connectivity index (χ0) is 19.7. The third-order valence-corrected chi connectivity index (χ3v) is 5.59. The van der Waals surface area contributed by atoms with E-state index < -0.39 is 11.7 Å². The standard InChI is InChI=1S/C21H18FN3O2S/c1-14-13-28-21(23-14)25(16-7-3-2-4-8-16)20(27)15-11-19(26)24(12-15)18-10-6-5-9-17(18)22/h2-10,13,15H,11-12H2,1H3/t15-/m0/s1. The van der Waals surface area contributed by atoms with Crippen molar-refractivity contribution >= 4 is 39.7 Å². The van der Waals surface area contributed by atoms with E-state index in [1.165, 1.54) is 22.3 Å². The number of hydrogen-bond donors (Lipinski definition) is 0. The summed E-state index contributed by atoms with van der Waals surface area (Å²) >= 11 is 1.38. The van der Waals surface area contributed by atoms with Gasteiger partial charge in [-0.15, -0.1) is 11.3 Å². The lowest BCUT2D eigenvalue weighted by Gasteiger charge is -2.23. The Bertz CT molecular complexity index is 1020. The van der Waals surface area contributed by atoms with E-state index in [2.05, 4.69) is 4.98 Å². The van der Waals surface area contributed by atoms with Crippen LogP contribution in [0.3, 0.4) is 0 Å². The van der Waals surface area contributed by atoms with E-state index in [1.807, 2.05) is 42.6 Å². The first-order valence-electron chi connectivity index (χ1n) is 8.90. The van der Waals surface area contributed by atoms with Gasteiger partial charge >= 0.3 is 0 Å². The van der Waals surface area contributed by atoms with Crippen molar-refractivity contribution in [1.82, 2.24) is 4.98 Å². The quantitative estimate of drug-likeness (QED) is 0.662. The molecule has 0 unspecified atom stereocenters. The van der Waals surface area contributed by atoms with Crippen molar-refractivity contribution in [3.05, 3.63) is 71.5 Å². The highest BCUT2D eigenvalue weighted by molar-refractivity contribution is 7.14. The lowest BCUT2D eigenvalue weighted by Crippen LogP contribution is -2.34. The van der Waals surface area contributed by atoms with E-state index >= 15 is 0 Å². The Morgan fingerprint density at radius 3 is 2.57 bits per heavy atom. The fourth-order valence-electron chi connectivity index (χ4n) is 3.31. The fourth-order valence-corrected chi connectivity index (χ4v) is 4.14. The maximum Gasteiger partial charge on any atom is 0.238 e. The van der Waals surface area contributed by atoms with E-state index in [-0.39, 0.29) is 30.5 Å². The Morgan fingerprint density at radius 2 is 1.89 bits per heavy atom. The zero-order valence-electron chi connectivity index (χ0n) is 15.2. The number of hydrogen-bond acceptors (Lipinski definition) is 4. The molecule has 1 aliphatic heterocycles. The van der Waals surface area contributed by atoms with Gasteiger partial charge in [0.15, 0.2) is 5.13 Å². The zero-order valence-corrected chi connectivity index (χ0v) is 16.0. The van der Waals surface area contributed by atoms with Gasteiger partial charge in [-0.2, -0.15) is 0 Å². The second-order valence-corrected chi connectivity index (χ2v) is 7.47. The number of carbonyl (C=O) groups is 2. The molecule has 4 rings (SSSR count). The number of benzene rings is 2. The molecule has 2 heterocycles. The second kappa shape index (κ2) is 7.52. The number of thiazole rings is 1. The van der Waals surface area contributed by atoms with Crippen molar-refractivity contribution in [3.63, 3.8) is 0 Å². The highest BCUT2D eigenvalue weighted by atomic mass is 32.1. The van der Waals surface area contributed by atoms with Crippen LogP contribution in [-0.4, -0.2) is 23.3 Å². The minimum Gasteiger partial charge on any atom is -0.309 e. The van der Waals surface area contributed by atoms with Crippen molar-refractivity contribution in [2.24, 2.45) is 5.92 Å². The van der Waals surface area contributed by atoms with E-state index in [1.54, 1.807) is 23.1 Å². The summed E-state index contributed by atoms with van der Waals surface area (Å²) in [6.45, 7) is 2.01. The lowest BCUT2D eigenvalue weighted by molar-refractivity contribution is -0.123. The highest BCUT2D eigenvalue weighted by Crippen LogP contribution is 2.34. The summed E-state index contributed by atoms with van der Waals surface area (Å²) in [5.74, 6) is -1.52. The number of anilines is 3. The summed E-state index contributed by atoms with van der Waals surface area (Å²) in [6.07, 6.45) is 0.0425. The molecule has 1 saturated heterocycles. The topological polar surface area (TPSA) is 53.5 Å². The first kappa shape index (κ1) is 18.3. The van der Waals surface area contributed by atoms with Gasteiger partial charge in [-0.3, -0.25) is 14.5 Å². The molecule has 0 radical (unpaired) electrons. The maximum atomic E-state index is 14.1. The Balaban J connectivity index is 1.65. The van der Waals surface area contributed by atoms with Crippen LogP contribution in [0.15, 0.2) is 60.0 Å². The molecule has 1 aromatic heterocycles. The first-order chi connectivity index (χ1) is 13.5. The van der Waals surface area contributed by atoms with Gasteiger partial charge in [-0.05, 0) is 31.2 Å². The summed E-state index contributed by atoms with van der Waals surface area (Å²) in [7, 11) is 0. The van der Waals surface area contributed by atoms with E-state index in [0.29, 0.717) is 10.8 Å². The molecule has 0 aliphatic carbocycles. The molecule has 0 N–H and O–H groups in total. The Kier molecular flexibility index (Phi) is 4.92. The van der Waals surface area contributed by atoms with Gasteiger partial charge in [0.1, 0.15) is 5.82 Å². The van der Waals surface area contributed by atoms with Crippen LogP contribution in [0.2, 0.25) is 0 Å². The van der Waals surface area contributed by atoms with Crippen LogP contribution in [0.1, 0.15) is 12.1 Å². The lowest BCUT2D eigenvalue weighted by atomic mass is 10.1. The van der Waals surface area contributed by atoms with Crippen molar-refractivity contribution in [1.29, 1.82) is 0 Å². The van der Waals surface area contributed by atoms with Crippen LogP contribution in [0, 0.1) is 18.7 Å². The Morgan fingerprint density at radius 1 is 1.18 bits per heavy atom. The number of aromatic nitrogens is 1. The minimum absolute atomic E-state index is 0.0425. The molecule has 0 bridgehead atoms. The van der Waals surface area contributed by atoms with E-state index in [0.717, 1.165) is 5.69 Å². The normalized spacial score (nSPS) is 16.4. The van der Waals surface area contributed by atoms with Crippen LogP contribution in [0.25, 0.3) is 0 Å². The monoisotopic (exact) mass is 395 g/mol. The molecule has 0 spiro atoms. The smallest absolute Gasteiger partial charge is 0.238 e. The molecule has 1 aliphatic rings. The van der Waals surface area contributed by atoms with Crippen LogP contribution in [0.4, 0.5) is 20.9 Å². The molecular formula is C21H18FN3O2S. The third-order valence-electron chi connectivity index (χ3n) is 4.65. The molecule has 28 heavy (non-hydrogen) atoms. The summed E-state index contributed by atoms with van der Waals surface area (Å²) in [6, 6.07) is 15.4. The summed E-state index contributed by atoms with van der Waals surface area (Å²) in [4.78, 5) is 33.3. The minimum atomic E-state index is -0.573. The van der Waals surface area contributed by atoms with Crippen LogP contribution in [-0.2, 0) is 9.59 Å². The highest BCUT2D eigenvalue weighted by Gasteiger charge is 2.39. The van der Waals surface area contributed by atoms with Gasteiger partial charge in [0.25, 0.3) is 0 Å². The molecule has 0 saturated carbocycles. The molecule has 7 heteroatoms. The predicted octanol–water partition coefficient (Wildman–Crippen LogP) is 4.31. The summed E-state index contributed by atoms with van der Waals surface area (Å²) in [5, 5.41) is 2.44. The molecule has 1 atom stereocenters. The van der Waals surface area contributed by atoms with Crippen molar-refractivity contribution in [3.8, 4) is 0 Å². The molecule has 142 valence electrons. The van der Waals surface area contributed by atoms with Crippen LogP contribution < -0.4 is 9.80 Å². The largest absolute Gasteiger partial charge is 0.309 e. The number of aryl methyl sites for hydroxylation is 1. The van der Waals surface area contributed by atoms with Crippen LogP contribution in [0.5, 0.6) is 0 Å². The van der Waals surface area contributed by atoms with Gasteiger partial charge in [0.2, 0.25) is 11.8 Å². The number of carbonyl (C=O) groups excluding carboxylic acids is 2. The average molecular weight is 395 g/mol. The van der Waals surface area contributed by atoms with Gasteiger partial charge in [0, 0.05) is 18.3 Å². The van der Waals surface area contributed by atoms with Gasteiger partial charge in [-0.1, -0.05) is 30.3 Å². The number of rotatable bonds is 4. The third kappa shape index (κ3) is 3.41. The maximum absolute atomic E-state index is 14.1. The molecule has 3 aromatic rings. The fraction of sp³-hybridized carbons (Fsp3) is 0.190. The molecular weight excluding hydrogens is 377 g/mol. The van der Waals surface area contributed by atoms with Gasteiger partial charge < -0.3 is 4.90 Å². The number of amides is 2. The van der Waals surface area contributed by atoms with Gasteiger partial charge in [0.05, 0.1) is 23.0 Å². The SMILES string of the molecule is Cc1csc(N(C(=O)[C@H]2CC(=O)N(c3ccccc3F)C2)c2ccccc2)n1. The van der Waals surface area contributed by atoms with Crippen molar-refractivity contribution < 1.29 is 14.0 Å².